The second kappa shape index (κ2) is 8.51. The van der Waals surface area contributed by atoms with Crippen LogP contribution in [-0.2, 0) is 12.8 Å². The molecule has 0 aliphatic rings. The number of rotatable bonds is 5. The topological polar surface area (TPSA) is 74.0 Å². The molecule has 4 heteroatoms. The summed E-state index contributed by atoms with van der Waals surface area (Å²) in [6.07, 6.45) is 0.973. The first-order valence-corrected chi connectivity index (χ1v) is 9.99. The van der Waals surface area contributed by atoms with Gasteiger partial charge in [0, 0.05) is 12.0 Å². The summed E-state index contributed by atoms with van der Waals surface area (Å²) in [7, 11) is 0. The highest BCUT2D eigenvalue weighted by molar-refractivity contribution is 5.99. The van der Waals surface area contributed by atoms with Crippen molar-refractivity contribution in [2.24, 2.45) is 5.41 Å². The molecule has 0 saturated heterocycles. The van der Waals surface area contributed by atoms with Crippen molar-refractivity contribution in [1.29, 1.82) is 5.26 Å². The number of hydrogen-bond donors (Lipinski definition) is 1. The monoisotopic (exact) mass is 398 g/mol. The first-order valence-electron chi connectivity index (χ1n) is 9.99. The Bertz CT molecular complexity index is 1100. The summed E-state index contributed by atoms with van der Waals surface area (Å²) < 4.78 is 0. The van der Waals surface area contributed by atoms with Crippen LogP contribution in [0.15, 0.2) is 54.6 Å². The van der Waals surface area contributed by atoms with Crippen molar-refractivity contribution in [3.8, 4) is 17.2 Å². The number of nitrogens with zero attached hydrogens (tertiary/aromatic N) is 2. The van der Waals surface area contributed by atoms with E-state index in [4.69, 9.17) is 4.98 Å². The van der Waals surface area contributed by atoms with Crippen LogP contribution in [0.5, 0.6) is 0 Å². The van der Waals surface area contributed by atoms with Crippen LogP contribution in [0.3, 0.4) is 0 Å². The second-order valence-corrected chi connectivity index (χ2v) is 8.81. The molecule has 1 aromatic heterocycles. The van der Waals surface area contributed by atoms with Crippen molar-refractivity contribution in [2.45, 2.75) is 40.5 Å². The maximum atomic E-state index is 12.4. The molecule has 0 fully saturated rings. The van der Waals surface area contributed by atoms with Crippen LogP contribution in [0.25, 0.3) is 11.1 Å². The Kier molecular flexibility index (Phi) is 6.03. The number of aromatic nitrogens is 1. The molecule has 3 aromatic rings. The number of pyridine rings is 1. The van der Waals surface area contributed by atoms with E-state index in [0.717, 1.165) is 16.7 Å². The predicted molar refractivity (Wildman–Crippen MR) is 118 cm³/mol. The van der Waals surface area contributed by atoms with Crippen LogP contribution < -0.4 is 0 Å². The highest BCUT2D eigenvalue weighted by Crippen LogP contribution is 2.34. The summed E-state index contributed by atoms with van der Waals surface area (Å²) in [5, 5.41) is 20.2. The quantitative estimate of drug-likeness (QED) is 0.589. The number of carbonyl (C=O) groups is 1. The van der Waals surface area contributed by atoms with Gasteiger partial charge in [0.05, 0.1) is 22.5 Å². The smallest absolute Gasteiger partial charge is 0.338 e. The van der Waals surface area contributed by atoms with E-state index in [1.165, 1.54) is 0 Å². The van der Waals surface area contributed by atoms with E-state index in [0.29, 0.717) is 35.4 Å². The van der Waals surface area contributed by atoms with E-state index in [-0.39, 0.29) is 11.0 Å². The van der Waals surface area contributed by atoms with Gasteiger partial charge in [0.15, 0.2) is 0 Å². The molecule has 0 atom stereocenters. The molecule has 0 saturated carbocycles. The minimum absolute atomic E-state index is 0.0993. The largest absolute Gasteiger partial charge is 0.478 e. The zero-order valence-electron chi connectivity index (χ0n) is 17.9. The average molecular weight is 399 g/mol. The molecule has 0 unspecified atom stereocenters. The molecule has 30 heavy (non-hydrogen) atoms. The van der Waals surface area contributed by atoms with Gasteiger partial charge in [-0.15, -0.1) is 0 Å². The number of carboxylic acids is 1. The lowest BCUT2D eigenvalue weighted by molar-refractivity contribution is 0.0696. The van der Waals surface area contributed by atoms with Crippen molar-refractivity contribution in [2.75, 3.05) is 0 Å². The Morgan fingerprint density at radius 3 is 2.20 bits per heavy atom. The lowest BCUT2D eigenvalue weighted by atomic mass is 9.84. The van der Waals surface area contributed by atoms with Gasteiger partial charge in [-0.1, -0.05) is 80.9 Å². The van der Waals surface area contributed by atoms with Crippen molar-refractivity contribution in [3.05, 3.63) is 88.2 Å². The zero-order valence-corrected chi connectivity index (χ0v) is 17.9. The van der Waals surface area contributed by atoms with E-state index in [1.54, 1.807) is 0 Å². The van der Waals surface area contributed by atoms with Gasteiger partial charge in [0.2, 0.25) is 0 Å². The SMILES string of the molecule is Cc1ccc(-c2c(C#N)c(CC(C)(C)C)nc(Cc3ccccc3)c2C(=O)O)cc1. The Morgan fingerprint density at radius 1 is 1.03 bits per heavy atom. The lowest BCUT2D eigenvalue weighted by Crippen LogP contribution is -2.17. The molecule has 0 spiro atoms. The summed E-state index contributed by atoms with van der Waals surface area (Å²) in [6.45, 7) is 8.24. The maximum absolute atomic E-state index is 12.4. The number of benzene rings is 2. The van der Waals surface area contributed by atoms with E-state index in [2.05, 4.69) is 26.8 Å². The predicted octanol–water partition coefficient (Wildman–Crippen LogP) is 5.81. The minimum atomic E-state index is -1.07. The third kappa shape index (κ3) is 4.75. The zero-order chi connectivity index (χ0) is 21.9. The number of aromatic carboxylic acids is 1. The molecular weight excluding hydrogens is 372 g/mol. The van der Waals surface area contributed by atoms with Gasteiger partial charge in [-0.05, 0) is 29.9 Å². The molecule has 0 aliphatic carbocycles. The summed E-state index contributed by atoms with van der Waals surface area (Å²) in [5.41, 5.74) is 4.74. The molecule has 1 heterocycles. The molecule has 1 N–H and O–H groups in total. The van der Waals surface area contributed by atoms with Gasteiger partial charge in [-0.3, -0.25) is 4.98 Å². The van der Waals surface area contributed by atoms with Crippen molar-refractivity contribution >= 4 is 5.97 Å². The Hall–Kier alpha value is -3.45. The molecule has 2 aromatic carbocycles. The molecule has 0 bridgehead atoms. The van der Waals surface area contributed by atoms with Crippen molar-refractivity contribution < 1.29 is 9.90 Å². The third-order valence-electron chi connectivity index (χ3n) is 4.93. The fraction of sp³-hybridized carbons (Fsp3) is 0.269. The minimum Gasteiger partial charge on any atom is -0.478 e. The summed E-state index contributed by atoms with van der Waals surface area (Å²) in [5.74, 6) is -1.07. The van der Waals surface area contributed by atoms with Gasteiger partial charge in [0.25, 0.3) is 0 Å². The molecule has 4 nitrogen and oxygen atoms in total. The van der Waals surface area contributed by atoms with Gasteiger partial charge in [-0.2, -0.15) is 5.26 Å². The van der Waals surface area contributed by atoms with E-state index >= 15 is 0 Å². The van der Waals surface area contributed by atoms with Crippen LogP contribution in [0.1, 0.15) is 59.2 Å². The summed E-state index contributed by atoms with van der Waals surface area (Å²) >= 11 is 0. The fourth-order valence-electron chi connectivity index (χ4n) is 3.60. The Labute approximate surface area is 177 Å². The molecule has 152 valence electrons. The van der Waals surface area contributed by atoms with Gasteiger partial charge in [0.1, 0.15) is 6.07 Å². The van der Waals surface area contributed by atoms with Gasteiger partial charge >= 0.3 is 5.97 Å². The number of nitriles is 1. The highest BCUT2D eigenvalue weighted by atomic mass is 16.4. The fourth-order valence-corrected chi connectivity index (χ4v) is 3.60. The normalized spacial score (nSPS) is 11.2. The second-order valence-electron chi connectivity index (χ2n) is 8.81. The van der Waals surface area contributed by atoms with Crippen LogP contribution in [0.4, 0.5) is 0 Å². The number of carboxylic acid groups (broad SMARTS) is 1. The van der Waals surface area contributed by atoms with E-state index in [9.17, 15) is 15.2 Å². The highest BCUT2D eigenvalue weighted by Gasteiger charge is 2.27. The molecule has 0 amide bonds. The number of hydrogen-bond acceptors (Lipinski definition) is 3. The average Bonchev–Trinajstić information content (AvgIpc) is 2.67. The molecular formula is C26H26N2O2. The van der Waals surface area contributed by atoms with Crippen molar-refractivity contribution in [1.82, 2.24) is 4.98 Å². The number of aryl methyl sites for hydroxylation is 1. The molecule has 0 aliphatic heterocycles. The Morgan fingerprint density at radius 2 is 1.67 bits per heavy atom. The summed E-state index contributed by atoms with van der Waals surface area (Å²) in [4.78, 5) is 17.1. The first kappa shape index (κ1) is 21.3. The van der Waals surface area contributed by atoms with Crippen LogP contribution >= 0.6 is 0 Å². The third-order valence-corrected chi connectivity index (χ3v) is 4.93. The van der Waals surface area contributed by atoms with Gasteiger partial charge in [-0.25, -0.2) is 4.79 Å². The van der Waals surface area contributed by atoms with Crippen LogP contribution in [-0.4, -0.2) is 16.1 Å². The lowest BCUT2D eigenvalue weighted by Gasteiger charge is -2.22. The standard InChI is InChI=1S/C26H26N2O2/c1-17-10-12-19(13-11-17)23-20(16-27)22(15-26(2,3)4)28-21(24(23)25(29)30)14-18-8-6-5-7-9-18/h5-13H,14-15H2,1-4H3,(H,29,30). The first-order chi connectivity index (χ1) is 14.2. The van der Waals surface area contributed by atoms with Crippen LogP contribution in [0, 0.1) is 23.7 Å². The van der Waals surface area contributed by atoms with Crippen LogP contribution in [0.2, 0.25) is 0 Å². The molecule has 3 rings (SSSR count). The van der Waals surface area contributed by atoms with Gasteiger partial charge < -0.3 is 5.11 Å². The van der Waals surface area contributed by atoms with E-state index in [1.807, 2.05) is 61.5 Å². The van der Waals surface area contributed by atoms with Crippen molar-refractivity contribution in [3.63, 3.8) is 0 Å². The molecule has 0 radical (unpaired) electrons. The Balaban J connectivity index is 2.34. The van der Waals surface area contributed by atoms with E-state index < -0.39 is 5.97 Å². The maximum Gasteiger partial charge on any atom is 0.338 e. The summed E-state index contributed by atoms with van der Waals surface area (Å²) in [6, 6.07) is 19.6.